The van der Waals surface area contributed by atoms with Crippen molar-refractivity contribution in [2.45, 2.75) is 19.9 Å². The van der Waals surface area contributed by atoms with E-state index in [4.69, 9.17) is 10.00 Å². The molecule has 0 amide bonds. The number of nitrogens with one attached hydrogen (secondary N) is 1. The second kappa shape index (κ2) is 5.76. The number of carbonyl (C=O) groups is 1. The molecule has 0 saturated heterocycles. The summed E-state index contributed by atoms with van der Waals surface area (Å²) in [7, 11) is 0. The number of nitriles is 1. The maximum Gasteiger partial charge on any atom is 0.329 e. The van der Waals surface area contributed by atoms with Crippen molar-refractivity contribution >= 4 is 11.7 Å². The molecule has 0 spiro atoms. The van der Waals surface area contributed by atoms with Crippen molar-refractivity contribution in [1.82, 2.24) is 0 Å². The van der Waals surface area contributed by atoms with Crippen LogP contribution < -0.4 is 5.32 Å². The molecule has 0 saturated carbocycles. The van der Waals surface area contributed by atoms with Crippen LogP contribution in [0.15, 0.2) is 24.3 Å². The zero-order chi connectivity index (χ0) is 12.0. The fourth-order valence-corrected chi connectivity index (χ4v) is 1.27. The van der Waals surface area contributed by atoms with Crippen molar-refractivity contribution in [3.8, 4) is 6.07 Å². The van der Waals surface area contributed by atoms with E-state index in [1.807, 2.05) is 31.2 Å². The van der Waals surface area contributed by atoms with Gasteiger partial charge in [-0.2, -0.15) is 5.26 Å². The van der Waals surface area contributed by atoms with Gasteiger partial charge in [0.1, 0.15) is 12.1 Å². The maximum atomic E-state index is 11.4. The minimum atomic E-state index is -0.463. The van der Waals surface area contributed by atoms with Crippen LogP contribution in [0.5, 0.6) is 0 Å². The molecule has 1 aromatic rings. The van der Waals surface area contributed by atoms with E-state index in [9.17, 15) is 4.79 Å². The van der Waals surface area contributed by atoms with Gasteiger partial charge in [0.05, 0.1) is 0 Å². The molecule has 0 radical (unpaired) electrons. The number of hydrogen-bond donors (Lipinski definition) is 1. The molecular formula is C12H14N2O2. The van der Waals surface area contributed by atoms with Crippen LogP contribution in [0.25, 0.3) is 0 Å². The molecule has 1 aromatic carbocycles. The fourth-order valence-electron chi connectivity index (χ4n) is 1.27. The van der Waals surface area contributed by atoms with Crippen molar-refractivity contribution in [2.24, 2.45) is 0 Å². The van der Waals surface area contributed by atoms with Crippen molar-refractivity contribution in [2.75, 3.05) is 11.9 Å². The molecule has 84 valence electrons. The summed E-state index contributed by atoms with van der Waals surface area (Å²) >= 11 is 0. The van der Waals surface area contributed by atoms with Gasteiger partial charge in [-0.1, -0.05) is 12.1 Å². The van der Waals surface area contributed by atoms with Crippen LogP contribution in [-0.2, 0) is 9.53 Å². The van der Waals surface area contributed by atoms with Crippen LogP contribution in [-0.4, -0.2) is 18.6 Å². The van der Waals surface area contributed by atoms with E-state index in [1.165, 1.54) is 0 Å². The first-order valence-corrected chi connectivity index (χ1v) is 5.00. The fraction of sp³-hybridized carbons (Fsp3) is 0.333. The monoisotopic (exact) mass is 218 g/mol. The van der Waals surface area contributed by atoms with Crippen molar-refractivity contribution < 1.29 is 9.53 Å². The Balaban J connectivity index is 2.54. The number of rotatable bonds is 4. The summed E-state index contributed by atoms with van der Waals surface area (Å²) < 4.78 is 4.69. The van der Waals surface area contributed by atoms with Gasteiger partial charge in [0.2, 0.25) is 0 Å². The zero-order valence-electron chi connectivity index (χ0n) is 9.36. The van der Waals surface area contributed by atoms with E-state index in [-0.39, 0.29) is 6.61 Å². The molecule has 1 rings (SSSR count). The lowest BCUT2D eigenvalue weighted by Gasteiger charge is -2.13. The summed E-state index contributed by atoms with van der Waals surface area (Å²) in [5.74, 6) is -0.428. The Hall–Kier alpha value is -2.02. The lowest BCUT2D eigenvalue weighted by Crippen LogP contribution is -2.28. The molecule has 1 unspecified atom stereocenters. The second-order valence-electron chi connectivity index (χ2n) is 3.50. The molecule has 4 heteroatoms. The average molecular weight is 218 g/mol. The summed E-state index contributed by atoms with van der Waals surface area (Å²) in [5, 5.41) is 11.3. The van der Waals surface area contributed by atoms with Crippen molar-refractivity contribution in [3.05, 3.63) is 29.8 Å². The predicted molar refractivity (Wildman–Crippen MR) is 60.8 cm³/mol. The number of carbonyl (C=O) groups excluding carboxylic acids is 1. The summed E-state index contributed by atoms with van der Waals surface area (Å²) in [4.78, 5) is 11.4. The van der Waals surface area contributed by atoms with Crippen LogP contribution in [0.2, 0.25) is 0 Å². The molecule has 0 aliphatic heterocycles. The van der Waals surface area contributed by atoms with Gasteiger partial charge in [-0.15, -0.1) is 0 Å². The Morgan fingerprint density at radius 1 is 1.62 bits per heavy atom. The van der Waals surface area contributed by atoms with E-state index in [0.29, 0.717) is 0 Å². The number of esters is 1. The molecule has 1 atom stereocenters. The molecule has 0 fully saturated rings. The highest BCUT2D eigenvalue weighted by molar-refractivity contribution is 5.78. The molecule has 16 heavy (non-hydrogen) atoms. The zero-order valence-corrected chi connectivity index (χ0v) is 9.36. The van der Waals surface area contributed by atoms with Crippen molar-refractivity contribution in [3.63, 3.8) is 0 Å². The minimum absolute atomic E-state index is 0.210. The van der Waals surface area contributed by atoms with Gasteiger partial charge >= 0.3 is 5.97 Å². The number of anilines is 1. The third-order valence-electron chi connectivity index (χ3n) is 2.03. The normalized spacial score (nSPS) is 11.3. The predicted octanol–water partition coefficient (Wildman–Crippen LogP) is 1.86. The number of hydrogen-bond acceptors (Lipinski definition) is 4. The third-order valence-corrected chi connectivity index (χ3v) is 2.03. The summed E-state index contributed by atoms with van der Waals surface area (Å²) in [5.41, 5.74) is 1.98. The van der Waals surface area contributed by atoms with Gasteiger partial charge in [0.25, 0.3) is 0 Å². The van der Waals surface area contributed by atoms with Gasteiger partial charge in [-0.05, 0) is 31.5 Å². The average Bonchev–Trinajstić information content (AvgIpc) is 2.25. The molecule has 0 bridgehead atoms. The molecular weight excluding hydrogens is 204 g/mol. The van der Waals surface area contributed by atoms with Crippen LogP contribution in [0.3, 0.4) is 0 Å². The van der Waals surface area contributed by atoms with Gasteiger partial charge < -0.3 is 10.1 Å². The van der Waals surface area contributed by atoms with E-state index >= 15 is 0 Å². The second-order valence-corrected chi connectivity index (χ2v) is 3.50. The highest BCUT2D eigenvalue weighted by Gasteiger charge is 2.13. The van der Waals surface area contributed by atoms with Crippen LogP contribution >= 0.6 is 0 Å². The molecule has 0 aliphatic carbocycles. The quantitative estimate of drug-likeness (QED) is 0.783. The van der Waals surface area contributed by atoms with Crippen LogP contribution in [0, 0.1) is 18.3 Å². The Labute approximate surface area is 94.8 Å². The van der Waals surface area contributed by atoms with Gasteiger partial charge in [-0.3, -0.25) is 0 Å². The van der Waals surface area contributed by atoms with Gasteiger partial charge in [0.15, 0.2) is 6.61 Å². The van der Waals surface area contributed by atoms with E-state index in [2.05, 4.69) is 5.32 Å². The Bertz CT molecular complexity index is 410. The maximum absolute atomic E-state index is 11.4. The summed E-state index contributed by atoms with van der Waals surface area (Å²) in [6.07, 6.45) is 0. The number of nitrogens with zero attached hydrogens (tertiary/aromatic N) is 1. The molecule has 4 nitrogen and oxygen atoms in total. The standard InChI is InChI=1S/C12H14N2O2/c1-9-4-3-5-11(8-9)14-10(2)12(15)16-7-6-13/h3-5,8,10,14H,7H2,1-2H3. The lowest BCUT2D eigenvalue weighted by atomic mass is 10.2. The van der Waals surface area contributed by atoms with Gasteiger partial charge in [0, 0.05) is 5.69 Å². The topological polar surface area (TPSA) is 62.1 Å². The highest BCUT2D eigenvalue weighted by Crippen LogP contribution is 2.11. The lowest BCUT2D eigenvalue weighted by molar-refractivity contribution is -0.142. The largest absolute Gasteiger partial charge is 0.449 e. The number of benzene rings is 1. The number of ether oxygens (including phenoxy) is 1. The van der Waals surface area contributed by atoms with Gasteiger partial charge in [-0.25, -0.2) is 4.79 Å². The van der Waals surface area contributed by atoms with E-state index < -0.39 is 12.0 Å². The van der Waals surface area contributed by atoms with E-state index in [1.54, 1.807) is 13.0 Å². The number of aryl methyl sites for hydroxylation is 1. The first-order valence-electron chi connectivity index (χ1n) is 5.00. The Morgan fingerprint density at radius 3 is 3.00 bits per heavy atom. The first-order chi connectivity index (χ1) is 7.63. The first kappa shape index (κ1) is 12.1. The summed E-state index contributed by atoms with van der Waals surface area (Å²) in [6.45, 7) is 3.46. The highest BCUT2D eigenvalue weighted by atomic mass is 16.5. The van der Waals surface area contributed by atoms with Crippen LogP contribution in [0.4, 0.5) is 5.69 Å². The van der Waals surface area contributed by atoms with E-state index in [0.717, 1.165) is 11.3 Å². The molecule has 0 aromatic heterocycles. The third kappa shape index (κ3) is 3.62. The molecule has 0 aliphatic rings. The molecule has 0 heterocycles. The van der Waals surface area contributed by atoms with Crippen molar-refractivity contribution in [1.29, 1.82) is 5.26 Å². The molecule has 1 N–H and O–H groups in total. The summed E-state index contributed by atoms with van der Waals surface area (Å²) in [6, 6.07) is 8.99. The Morgan fingerprint density at radius 2 is 2.38 bits per heavy atom. The van der Waals surface area contributed by atoms with Crippen LogP contribution in [0.1, 0.15) is 12.5 Å². The SMILES string of the molecule is Cc1cccc(NC(C)C(=O)OCC#N)c1. The minimum Gasteiger partial charge on any atom is -0.449 e. The Kier molecular flexibility index (Phi) is 4.34. The smallest absolute Gasteiger partial charge is 0.329 e.